The van der Waals surface area contributed by atoms with E-state index in [2.05, 4.69) is 11.1 Å². The van der Waals surface area contributed by atoms with Crippen molar-refractivity contribution < 1.29 is 13.9 Å². The number of thiazole rings is 1. The maximum Gasteiger partial charge on any atom is 0.236 e. The summed E-state index contributed by atoms with van der Waals surface area (Å²) in [5.74, 6) is 0. The van der Waals surface area contributed by atoms with Gasteiger partial charge in [-0.3, -0.25) is 0 Å². The van der Waals surface area contributed by atoms with Crippen LogP contribution in [-0.2, 0) is 13.9 Å². The van der Waals surface area contributed by atoms with Crippen LogP contribution in [0.15, 0.2) is 28.6 Å². The van der Waals surface area contributed by atoms with Gasteiger partial charge in [-0.2, -0.15) is 0 Å². The van der Waals surface area contributed by atoms with Gasteiger partial charge in [0.05, 0.1) is 10.2 Å². The molecule has 0 saturated heterocycles. The number of aromatic nitrogens is 1. The summed E-state index contributed by atoms with van der Waals surface area (Å²) in [5.41, 5.74) is 1.04. The number of para-hydroxylation sites is 1. The topological polar surface area (TPSA) is 40.6 Å². The Hall–Kier alpha value is 0.257. The minimum atomic E-state index is -0.679. The number of ether oxygens (including phenoxy) is 2. The molecule has 1 aromatic carbocycles. The van der Waals surface area contributed by atoms with Crippen LogP contribution in [0, 0.1) is 0 Å². The minimum absolute atomic E-state index is 0.361. The second-order valence-corrected chi connectivity index (χ2v) is 10.4. The second kappa shape index (κ2) is 9.53. The van der Waals surface area contributed by atoms with Crippen LogP contribution in [0.3, 0.4) is 0 Å². The summed E-state index contributed by atoms with van der Waals surface area (Å²) in [7, 11) is 8.49. The molecule has 0 amide bonds. The van der Waals surface area contributed by atoms with Gasteiger partial charge in [0.15, 0.2) is 4.34 Å². The van der Waals surface area contributed by atoms with Crippen molar-refractivity contribution in [3.63, 3.8) is 0 Å². The molecule has 0 unspecified atom stereocenters. The van der Waals surface area contributed by atoms with Crippen molar-refractivity contribution in [2.45, 2.75) is 22.4 Å². The van der Waals surface area contributed by atoms with Crippen molar-refractivity contribution in [3.8, 4) is 0 Å². The summed E-state index contributed by atoms with van der Waals surface area (Å²) in [6, 6.07) is 8.87. The van der Waals surface area contributed by atoms with Crippen LogP contribution in [0.2, 0.25) is 6.04 Å². The van der Waals surface area contributed by atoms with E-state index in [0.717, 1.165) is 9.86 Å². The molecule has 0 aliphatic rings. The molecule has 4 nitrogen and oxygen atoms in total. The van der Waals surface area contributed by atoms with E-state index in [9.17, 15) is 0 Å². The molecule has 0 fully saturated rings. The first-order chi connectivity index (χ1) is 10.7. The van der Waals surface area contributed by atoms with Gasteiger partial charge in [-0.25, -0.2) is 4.98 Å². The predicted molar refractivity (Wildman–Crippen MR) is 99.6 cm³/mol. The Morgan fingerprint density at radius 1 is 1.27 bits per heavy atom. The Bertz CT molecular complexity index is 546. The first-order valence-corrected chi connectivity index (χ1v) is 12.0. The van der Waals surface area contributed by atoms with E-state index in [1.54, 1.807) is 57.0 Å². The molecule has 0 saturated carbocycles. The number of hydrogen-bond acceptors (Lipinski definition) is 8. The van der Waals surface area contributed by atoms with Crippen LogP contribution in [0.1, 0.15) is 6.92 Å². The summed E-state index contributed by atoms with van der Waals surface area (Å²) < 4.78 is 18.8. The van der Waals surface area contributed by atoms with Crippen LogP contribution in [0.25, 0.3) is 10.2 Å². The molecule has 2 radical (unpaired) electrons. The van der Waals surface area contributed by atoms with E-state index in [-0.39, 0.29) is 0 Å². The Morgan fingerprint density at radius 2 is 2.05 bits per heavy atom. The van der Waals surface area contributed by atoms with Gasteiger partial charge in [0.25, 0.3) is 0 Å². The SMILES string of the molecule is CCO[Si]CC(OC)(OC)SSSc1nc2ccccc2s1. The fourth-order valence-electron chi connectivity index (χ4n) is 1.55. The molecule has 0 N–H and O–H groups in total. The third kappa shape index (κ3) is 5.13. The molecule has 120 valence electrons. The van der Waals surface area contributed by atoms with Crippen molar-refractivity contribution in [1.29, 1.82) is 0 Å². The average molecular weight is 392 g/mol. The lowest BCUT2D eigenvalue weighted by Gasteiger charge is -2.28. The largest absolute Gasteiger partial charge is 0.417 e. The van der Waals surface area contributed by atoms with E-state index in [4.69, 9.17) is 13.9 Å². The normalized spacial score (nSPS) is 12.1. The molecular weight excluding hydrogens is 375 g/mol. The molecule has 0 atom stereocenters. The first-order valence-electron chi connectivity index (χ1n) is 6.56. The number of nitrogens with zero attached hydrogens (tertiary/aromatic N) is 1. The van der Waals surface area contributed by atoms with Crippen molar-refractivity contribution in [1.82, 2.24) is 4.98 Å². The summed E-state index contributed by atoms with van der Waals surface area (Å²) in [5, 5.41) is -0.679. The first kappa shape index (κ1) is 18.6. The van der Waals surface area contributed by atoms with Gasteiger partial charge in [0.2, 0.25) is 14.9 Å². The molecule has 0 aliphatic heterocycles. The van der Waals surface area contributed by atoms with E-state index in [1.165, 1.54) is 4.70 Å². The van der Waals surface area contributed by atoms with Crippen molar-refractivity contribution in [3.05, 3.63) is 24.3 Å². The van der Waals surface area contributed by atoms with Crippen LogP contribution in [-0.4, -0.2) is 40.7 Å². The van der Waals surface area contributed by atoms with Gasteiger partial charge in [-0.1, -0.05) is 12.1 Å². The van der Waals surface area contributed by atoms with Crippen LogP contribution < -0.4 is 0 Å². The highest BCUT2D eigenvalue weighted by molar-refractivity contribution is 9.09. The molecule has 9 heteroatoms. The highest BCUT2D eigenvalue weighted by atomic mass is 33.5. The average Bonchev–Trinajstić information content (AvgIpc) is 2.96. The third-order valence-corrected chi connectivity index (χ3v) is 9.67. The Kier molecular flexibility index (Phi) is 8.05. The van der Waals surface area contributed by atoms with Gasteiger partial charge in [0, 0.05) is 26.9 Å². The number of methoxy groups -OCH3 is 2. The molecule has 2 aromatic rings. The van der Waals surface area contributed by atoms with Gasteiger partial charge in [-0.15, -0.1) is 11.3 Å². The summed E-state index contributed by atoms with van der Waals surface area (Å²) in [6.45, 7) is 2.69. The van der Waals surface area contributed by atoms with Crippen molar-refractivity contribution >= 4 is 62.7 Å². The Labute approximate surface area is 148 Å². The van der Waals surface area contributed by atoms with Gasteiger partial charge in [-0.05, 0) is 50.5 Å². The molecule has 0 aliphatic carbocycles. The number of rotatable bonds is 10. The molecule has 1 heterocycles. The quantitative estimate of drug-likeness (QED) is 0.251. The second-order valence-electron chi connectivity index (χ2n) is 4.03. The zero-order valence-electron chi connectivity index (χ0n) is 12.5. The summed E-state index contributed by atoms with van der Waals surface area (Å²) >= 11 is 1.70. The number of hydrogen-bond donors (Lipinski definition) is 0. The third-order valence-electron chi connectivity index (χ3n) is 2.70. The molecule has 2 rings (SSSR count). The molecule has 1 aromatic heterocycles. The Balaban J connectivity index is 1.89. The highest BCUT2D eigenvalue weighted by Gasteiger charge is 2.32. The predicted octanol–water partition coefficient (Wildman–Crippen LogP) is 4.71. The van der Waals surface area contributed by atoms with Gasteiger partial charge in [0.1, 0.15) is 0 Å². The lowest BCUT2D eigenvalue weighted by atomic mass is 10.3. The molecule has 0 bridgehead atoms. The number of fused-ring (bicyclic) bond motifs is 1. The van der Waals surface area contributed by atoms with Crippen LogP contribution in [0.4, 0.5) is 0 Å². The lowest BCUT2D eigenvalue weighted by molar-refractivity contribution is -0.119. The smallest absolute Gasteiger partial charge is 0.236 e. The molecule has 22 heavy (non-hydrogen) atoms. The van der Waals surface area contributed by atoms with Crippen LogP contribution in [0.5, 0.6) is 0 Å². The lowest BCUT2D eigenvalue weighted by Crippen LogP contribution is -2.30. The maximum atomic E-state index is 5.55. The molecule has 0 spiro atoms. The van der Waals surface area contributed by atoms with E-state index in [1.807, 2.05) is 25.1 Å². The van der Waals surface area contributed by atoms with Gasteiger partial charge < -0.3 is 13.9 Å². The number of benzene rings is 1. The molecular formula is C13H17NO3S4Si. The zero-order chi connectivity index (χ0) is 15.8. The van der Waals surface area contributed by atoms with Crippen molar-refractivity contribution in [2.75, 3.05) is 20.8 Å². The monoisotopic (exact) mass is 391 g/mol. The fraction of sp³-hybridized carbons (Fsp3) is 0.462. The highest BCUT2D eigenvalue weighted by Crippen LogP contribution is 2.50. The van der Waals surface area contributed by atoms with E-state index >= 15 is 0 Å². The maximum absolute atomic E-state index is 5.55. The summed E-state index contributed by atoms with van der Waals surface area (Å²) in [4.78, 5) is 4.60. The fourth-order valence-corrected chi connectivity index (χ4v) is 8.76. The minimum Gasteiger partial charge on any atom is -0.417 e. The Morgan fingerprint density at radius 3 is 2.73 bits per heavy atom. The van der Waals surface area contributed by atoms with Gasteiger partial charge >= 0.3 is 0 Å². The van der Waals surface area contributed by atoms with E-state index < -0.39 is 5.12 Å². The standard InChI is InChI=1S/C13H17NO3S4Si/c1-4-17-22-9-13(15-2,16-3)20-21-19-12-14-10-7-5-6-8-11(10)18-12/h5-8H,4,9H2,1-3H3. The zero-order valence-corrected chi connectivity index (χ0v) is 16.8. The van der Waals surface area contributed by atoms with Crippen molar-refractivity contribution in [2.24, 2.45) is 0 Å². The van der Waals surface area contributed by atoms with Crippen LogP contribution >= 0.6 is 42.8 Å². The van der Waals surface area contributed by atoms with E-state index in [0.29, 0.717) is 22.4 Å². The summed E-state index contributed by atoms with van der Waals surface area (Å²) in [6.07, 6.45) is 0.